The van der Waals surface area contributed by atoms with E-state index in [1.807, 2.05) is 0 Å². The van der Waals surface area contributed by atoms with E-state index < -0.39 is 42.3 Å². The maximum atomic E-state index is 12.3. The maximum Gasteiger partial charge on any atom is 0.514 e. The van der Waals surface area contributed by atoms with Gasteiger partial charge in [0.25, 0.3) is 20.2 Å². The average molecular weight is 641 g/mol. The van der Waals surface area contributed by atoms with Crippen LogP contribution in [0.3, 0.4) is 0 Å². The molecule has 12 nitrogen and oxygen atoms in total. The third kappa shape index (κ3) is 8.52. The number of ether oxygens (including phenoxy) is 4. The van der Waals surface area contributed by atoms with Crippen molar-refractivity contribution in [1.82, 2.24) is 0 Å². The van der Waals surface area contributed by atoms with Crippen LogP contribution in [0.2, 0.25) is 0 Å². The predicted molar refractivity (Wildman–Crippen MR) is 155 cm³/mol. The van der Waals surface area contributed by atoms with Crippen molar-refractivity contribution >= 4 is 38.1 Å². The number of rotatable bonds is 10. The highest BCUT2D eigenvalue weighted by Crippen LogP contribution is 2.35. The van der Waals surface area contributed by atoms with Gasteiger partial charge in [0.1, 0.15) is 34.5 Å². The Morgan fingerprint density at radius 2 is 0.955 bits per heavy atom. The van der Waals surface area contributed by atoms with E-state index in [9.17, 15) is 35.5 Å². The molecule has 0 aromatic heterocycles. The Morgan fingerprint density at radius 3 is 1.30 bits per heavy atom. The molecule has 0 saturated carbocycles. The maximum absolute atomic E-state index is 12.3. The molecule has 0 bridgehead atoms. The van der Waals surface area contributed by atoms with Crippen LogP contribution in [0.4, 0.5) is 9.59 Å². The molecule has 4 aromatic carbocycles. The van der Waals surface area contributed by atoms with Crippen molar-refractivity contribution < 1.29 is 54.5 Å². The lowest BCUT2D eigenvalue weighted by molar-refractivity contribution is 0.0917. The first-order valence-electron chi connectivity index (χ1n) is 12.5. The normalized spacial score (nSPS) is 11.3. The van der Waals surface area contributed by atoms with Crippen molar-refractivity contribution in [1.29, 1.82) is 0 Å². The van der Waals surface area contributed by atoms with Crippen LogP contribution in [-0.2, 0) is 42.9 Å². The molecule has 0 aliphatic heterocycles. The second-order valence-corrected chi connectivity index (χ2v) is 11.8. The third-order valence-electron chi connectivity index (χ3n) is 5.91. The molecule has 44 heavy (non-hydrogen) atoms. The van der Waals surface area contributed by atoms with Gasteiger partial charge in [0, 0.05) is 23.3 Å². The Hall–Kier alpha value is -5.02. The summed E-state index contributed by atoms with van der Waals surface area (Å²) < 4.78 is 88.9. The molecule has 0 heterocycles. The predicted octanol–water partition coefficient (Wildman–Crippen LogP) is 5.67. The Labute approximate surface area is 252 Å². The van der Waals surface area contributed by atoms with Crippen molar-refractivity contribution in [3.8, 4) is 11.5 Å². The lowest BCUT2D eigenvalue weighted by Crippen LogP contribution is -2.12. The summed E-state index contributed by atoms with van der Waals surface area (Å²) in [6.07, 6.45) is -2.32. The van der Waals surface area contributed by atoms with Crippen LogP contribution >= 0.6 is 0 Å². The quantitative estimate of drug-likeness (QED) is 0.123. The molecule has 0 spiro atoms. The second-order valence-electron chi connectivity index (χ2n) is 9.00. The van der Waals surface area contributed by atoms with Gasteiger partial charge in [-0.2, -0.15) is 16.8 Å². The molecule has 0 unspecified atom stereocenters. The fourth-order valence-electron chi connectivity index (χ4n) is 3.89. The largest absolute Gasteiger partial charge is 0.514 e. The van der Waals surface area contributed by atoms with Crippen molar-refractivity contribution in [3.05, 3.63) is 126 Å². The molecule has 0 aliphatic carbocycles. The summed E-state index contributed by atoms with van der Waals surface area (Å²) in [5, 5.41) is 0. The summed E-state index contributed by atoms with van der Waals surface area (Å²) in [4.78, 5) is 22.7. The molecule has 14 heteroatoms. The minimum Gasteiger partial charge on any atom is -0.429 e. The molecular weight excluding hydrogens is 616 g/mol. The summed E-state index contributed by atoms with van der Waals surface area (Å²) in [5.41, 5.74) is 0.480. The van der Waals surface area contributed by atoms with Gasteiger partial charge in [0.15, 0.2) is 0 Å². The molecule has 4 rings (SSSR count). The minimum absolute atomic E-state index is 0.122. The fourth-order valence-corrected chi connectivity index (χ4v) is 5.36. The zero-order valence-electron chi connectivity index (χ0n) is 22.7. The first kappa shape index (κ1) is 31.9. The number of hydrogen-bond acceptors (Lipinski definition) is 10. The SMILES string of the molecule is C=C(c1ccc(OC(=O)OCc2ccccc2)cc1S(=O)(=O)O)c1ccc(OC(=O)OCc2ccccc2)cc1S(=O)(=O)O. The summed E-state index contributed by atoms with van der Waals surface area (Å²) in [7, 11) is -9.98. The first-order valence-corrected chi connectivity index (χ1v) is 15.4. The summed E-state index contributed by atoms with van der Waals surface area (Å²) >= 11 is 0. The monoisotopic (exact) mass is 640 g/mol. The van der Waals surface area contributed by atoms with Crippen LogP contribution in [0.15, 0.2) is 113 Å². The molecule has 0 aliphatic rings. The number of benzene rings is 4. The average Bonchev–Trinajstić information content (AvgIpc) is 2.99. The summed E-state index contributed by atoms with van der Waals surface area (Å²) in [5.74, 6) is -0.639. The van der Waals surface area contributed by atoms with E-state index in [4.69, 9.17) is 18.9 Å². The molecule has 0 saturated heterocycles. The highest BCUT2D eigenvalue weighted by molar-refractivity contribution is 7.86. The standard InChI is InChI=1S/C30H24O12S2/c1-20(25-14-12-23(16-27(25)43(33,34)35)41-29(31)39-18-21-8-4-2-5-9-21)26-15-13-24(17-28(26)44(36,37)38)42-30(32)40-19-22-10-6-3-7-11-22/h2-17H,1,18-19H2,(H,33,34,35)(H,36,37,38). The first-order chi connectivity index (χ1) is 20.8. The smallest absolute Gasteiger partial charge is 0.429 e. The molecule has 4 aromatic rings. The van der Waals surface area contributed by atoms with E-state index in [0.717, 1.165) is 36.4 Å². The van der Waals surface area contributed by atoms with Crippen molar-refractivity contribution in [2.24, 2.45) is 0 Å². The van der Waals surface area contributed by atoms with Gasteiger partial charge in [0.2, 0.25) is 0 Å². The lowest BCUT2D eigenvalue weighted by Gasteiger charge is -2.15. The zero-order chi connectivity index (χ0) is 31.9. The summed E-state index contributed by atoms with van der Waals surface area (Å²) in [6.45, 7) is 3.49. The van der Waals surface area contributed by atoms with Crippen LogP contribution in [-0.4, -0.2) is 38.3 Å². The molecule has 2 N–H and O–H groups in total. The highest BCUT2D eigenvalue weighted by Gasteiger charge is 2.25. The van der Waals surface area contributed by atoms with Crippen molar-refractivity contribution in [2.75, 3.05) is 0 Å². The Kier molecular flexibility index (Phi) is 9.80. The van der Waals surface area contributed by atoms with E-state index in [1.165, 1.54) is 0 Å². The fraction of sp³-hybridized carbons (Fsp3) is 0.0667. The van der Waals surface area contributed by atoms with Gasteiger partial charge >= 0.3 is 12.3 Å². The Bertz CT molecular complexity index is 1770. The van der Waals surface area contributed by atoms with Gasteiger partial charge in [-0.3, -0.25) is 9.11 Å². The Balaban J connectivity index is 1.56. The van der Waals surface area contributed by atoms with Crippen molar-refractivity contribution in [3.63, 3.8) is 0 Å². The van der Waals surface area contributed by atoms with Gasteiger partial charge in [-0.25, -0.2) is 9.59 Å². The van der Waals surface area contributed by atoms with Crippen LogP contribution in [0, 0.1) is 0 Å². The molecule has 0 radical (unpaired) electrons. The van der Waals surface area contributed by atoms with E-state index in [0.29, 0.717) is 11.1 Å². The van der Waals surface area contributed by atoms with Gasteiger partial charge < -0.3 is 18.9 Å². The second kappa shape index (κ2) is 13.5. The zero-order valence-corrected chi connectivity index (χ0v) is 24.3. The number of carbonyl (C=O) groups excluding carboxylic acids is 2. The minimum atomic E-state index is -4.99. The molecule has 0 atom stereocenters. The molecular formula is C30H24O12S2. The van der Waals surface area contributed by atoms with Crippen LogP contribution < -0.4 is 9.47 Å². The van der Waals surface area contributed by atoms with Crippen molar-refractivity contribution in [2.45, 2.75) is 23.0 Å². The van der Waals surface area contributed by atoms with Gasteiger partial charge in [-0.05, 0) is 41.0 Å². The Morgan fingerprint density at radius 1 is 0.591 bits per heavy atom. The molecule has 228 valence electrons. The van der Waals surface area contributed by atoms with E-state index in [2.05, 4.69) is 6.58 Å². The lowest BCUT2D eigenvalue weighted by atomic mass is 9.99. The third-order valence-corrected chi connectivity index (χ3v) is 7.70. The topological polar surface area (TPSA) is 180 Å². The van der Waals surface area contributed by atoms with E-state index >= 15 is 0 Å². The van der Waals surface area contributed by atoms with Gasteiger partial charge in [-0.1, -0.05) is 67.2 Å². The molecule has 0 amide bonds. The number of carbonyl (C=O) groups is 2. The summed E-state index contributed by atoms with van der Waals surface area (Å²) in [6, 6.07) is 23.5. The van der Waals surface area contributed by atoms with E-state index in [-0.39, 0.29) is 41.4 Å². The highest BCUT2D eigenvalue weighted by atomic mass is 32.2. The number of hydrogen-bond donors (Lipinski definition) is 2. The van der Waals surface area contributed by atoms with E-state index in [1.54, 1.807) is 60.7 Å². The van der Waals surface area contributed by atoms with Crippen LogP contribution in [0.25, 0.3) is 5.57 Å². The van der Waals surface area contributed by atoms with Gasteiger partial charge in [-0.15, -0.1) is 0 Å². The van der Waals surface area contributed by atoms with Crippen LogP contribution in [0.1, 0.15) is 22.3 Å². The van der Waals surface area contributed by atoms with Gasteiger partial charge in [0.05, 0.1) is 0 Å². The van der Waals surface area contributed by atoms with Crippen LogP contribution in [0.5, 0.6) is 11.5 Å². The molecule has 0 fully saturated rings.